The van der Waals surface area contributed by atoms with Crippen LogP contribution in [0, 0.1) is 16.0 Å². The normalized spacial score (nSPS) is 18.0. The van der Waals surface area contributed by atoms with Gasteiger partial charge in [0.05, 0.1) is 16.9 Å². The zero-order valence-electron chi connectivity index (χ0n) is 11.3. The molecule has 0 aliphatic carbocycles. The minimum atomic E-state index is -0.757. The summed E-state index contributed by atoms with van der Waals surface area (Å²) in [5.41, 5.74) is -0.00499. The van der Waals surface area contributed by atoms with Crippen LogP contribution in [-0.2, 0) is 4.79 Å². The number of benzene rings is 1. The highest BCUT2D eigenvalue weighted by molar-refractivity contribution is 5.85. The van der Waals surface area contributed by atoms with Gasteiger partial charge in [-0.3, -0.25) is 19.8 Å². The molecule has 1 heterocycles. The van der Waals surface area contributed by atoms with Gasteiger partial charge in [0.2, 0.25) is 0 Å². The molecule has 1 aromatic carbocycles. The highest BCUT2D eigenvalue weighted by Crippen LogP contribution is 2.20. The highest BCUT2D eigenvalue weighted by atomic mass is 35.5. The Balaban J connectivity index is 0.00000220. The second-order valence-corrected chi connectivity index (χ2v) is 4.73. The number of nitro benzene ring substituents is 1. The first-order valence-corrected chi connectivity index (χ1v) is 6.38. The average molecular weight is 317 g/mol. The monoisotopic (exact) mass is 316 g/mol. The van der Waals surface area contributed by atoms with Crippen LogP contribution in [-0.4, -0.2) is 47.1 Å². The molecule has 8 heteroatoms. The maximum Gasteiger partial charge on any atom is 0.307 e. The van der Waals surface area contributed by atoms with E-state index >= 15 is 0 Å². The van der Waals surface area contributed by atoms with Gasteiger partial charge < -0.3 is 9.84 Å². The molecule has 0 saturated carbocycles. The molecule has 0 spiro atoms. The van der Waals surface area contributed by atoms with Crippen LogP contribution in [0.2, 0.25) is 0 Å². The van der Waals surface area contributed by atoms with E-state index < -0.39 is 10.9 Å². The Kier molecular flexibility index (Phi) is 6.39. The van der Waals surface area contributed by atoms with Crippen molar-refractivity contribution in [2.75, 3.05) is 26.2 Å². The van der Waals surface area contributed by atoms with E-state index in [1.807, 2.05) is 4.90 Å². The van der Waals surface area contributed by atoms with Gasteiger partial charge >= 0.3 is 5.97 Å². The number of rotatable bonds is 6. The van der Waals surface area contributed by atoms with Crippen LogP contribution in [0.4, 0.5) is 5.69 Å². The van der Waals surface area contributed by atoms with Crippen LogP contribution in [0.3, 0.4) is 0 Å². The molecule has 1 atom stereocenters. The fourth-order valence-corrected chi connectivity index (χ4v) is 2.22. The zero-order chi connectivity index (χ0) is 14.5. The van der Waals surface area contributed by atoms with Crippen molar-refractivity contribution in [3.8, 4) is 5.75 Å². The van der Waals surface area contributed by atoms with Gasteiger partial charge in [0.15, 0.2) is 0 Å². The molecule has 0 bridgehead atoms. The fourth-order valence-electron chi connectivity index (χ4n) is 2.22. The molecule has 21 heavy (non-hydrogen) atoms. The van der Waals surface area contributed by atoms with E-state index in [9.17, 15) is 14.9 Å². The lowest BCUT2D eigenvalue weighted by molar-refractivity contribution is -0.384. The second-order valence-electron chi connectivity index (χ2n) is 4.73. The van der Waals surface area contributed by atoms with Gasteiger partial charge in [0.1, 0.15) is 12.4 Å². The largest absolute Gasteiger partial charge is 0.492 e. The third-order valence-electron chi connectivity index (χ3n) is 3.33. The first-order chi connectivity index (χ1) is 9.56. The number of likely N-dealkylation sites (tertiary alicyclic amines) is 1. The van der Waals surface area contributed by atoms with Crippen molar-refractivity contribution in [2.24, 2.45) is 5.92 Å². The summed E-state index contributed by atoms with van der Waals surface area (Å²) in [6, 6.07) is 6.02. The van der Waals surface area contributed by atoms with E-state index in [-0.39, 0.29) is 24.0 Å². The van der Waals surface area contributed by atoms with Crippen LogP contribution in [0.5, 0.6) is 5.75 Å². The summed E-state index contributed by atoms with van der Waals surface area (Å²) in [5, 5.41) is 19.5. The summed E-state index contributed by atoms with van der Waals surface area (Å²) >= 11 is 0. The van der Waals surface area contributed by atoms with Crippen LogP contribution < -0.4 is 4.74 Å². The Morgan fingerprint density at radius 3 is 2.90 bits per heavy atom. The number of hydrogen-bond donors (Lipinski definition) is 1. The number of nitro groups is 1. The molecule has 1 aromatic rings. The maximum atomic E-state index is 10.8. The minimum absolute atomic E-state index is 0. The minimum Gasteiger partial charge on any atom is -0.492 e. The summed E-state index contributed by atoms with van der Waals surface area (Å²) in [6.45, 7) is 2.28. The van der Waals surface area contributed by atoms with Crippen molar-refractivity contribution in [2.45, 2.75) is 6.42 Å². The molecule has 116 valence electrons. The molecule has 1 saturated heterocycles. The van der Waals surface area contributed by atoms with Gasteiger partial charge in [-0.05, 0) is 19.0 Å². The molecule has 0 radical (unpaired) electrons. The smallest absolute Gasteiger partial charge is 0.307 e. The number of ether oxygens (including phenoxy) is 1. The molecule has 1 aliphatic heterocycles. The number of halogens is 1. The zero-order valence-corrected chi connectivity index (χ0v) is 12.1. The number of nitrogens with zero attached hydrogens (tertiary/aromatic N) is 2. The van der Waals surface area contributed by atoms with Crippen LogP contribution in [0.1, 0.15) is 6.42 Å². The third kappa shape index (κ3) is 4.87. The van der Waals surface area contributed by atoms with Gasteiger partial charge in [-0.15, -0.1) is 12.4 Å². The van der Waals surface area contributed by atoms with Gasteiger partial charge in [0.25, 0.3) is 5.69 Å². The average Bonchev–Trinajstić information content (AvgIpc) is 2.88. The topological polar surface area (TPSA) is 92.9 Å². The number of carboxylic acids is 1. The Bertz CT molecular complexity index is 511. The summed E-state index contributed by atoms with van der Waals surface area (Å²) in [4.78, 5) is 23.0. The molecule has 0 aromatic heterocycles. The van der Waals surface area contributed by atoms with Crippen LogP contribution >= 0.6 is 12.4 Å². The number of carbonyl (C=O) groups is 1. The lowest BCUT2D eigenvalue weighted by Gasteiger charge is -2.15. The van der Waals surface area contributed by atoms with Gasteiger partial charge in [-0.1, -0.05) is 6.07 Å². The molecule has 0 amide bonds. The Labute approximate surface area is 128 Å². The van der Waals surface area contributed by atoms with E-state index in [2.05, 4.69) is 0 Å². The Morgan fingerprint density at radius 1 is 1.52 bits per heavy atom. The first-order valence-electron chi connectivity index (χ1n) is 6.38. The predicted molar refractivity (Wildman–Crippen MR) is 78.0 cm³/mol. The van der Waals surface area contributed by atoms with Crippen molar-refractivity contribution in [3.63, 3.8) is 0 Å². The summed E-state index contributed by atoms with van der Waals surface area (Å²) in [5.74, 6) is -0.604. The van der Waals surface area contributed by atoms with Crippen molar-refractivity contribution < 1.29 is 19.6 Å². The Morgan fingerprint density at radius 2 is 2.29 bits per heavy atom. The molecular formula is C13H17ClN2O5. The predicted octanol–water partition coefficient (Wildman–Crippen LogP) is 1.80. The molecule has 7 nitrogen and oxygen atoms in total. The van der Waals surface area contributed by atoms with E-state index in [1.165, 1.54) is 12.1 Å². The number of non-ortho nitro benzene ring substituents is 1. The standard InChI is InChI=1S/C13H16N2O5.ClH/c16-13(17)10-4-5-14(9-10)6-7-20-12-3-1-2-11(8-12)15(18)19;/h1-3,8,10H,4-7,9H2,(H,16,17);1H. The van der Waals surface area contributed by atoms with Crippen LogP contribution in [0.25, 0.3) is 0 Å². The first kappa shape index (κ1) is 17.2. The molecule has 1 unspecified atom stereocenters. The fraction of sp³-hybridized carbons (Fsp3) is 0.462. The van der Waals surface area contributed by atoms with Gasteiger partial charge in [0, 0.05) is 19.2 Å². The summed E-state index contributed by atoms with van der Waals surface area (Å²) in [6.07, 6.45) is 0.659. The number of aliphatic carboxylic acids is 1. The summed E-state index contributed by atoms with van der Waals surface area (Å²) in [7, 11) is 0. The van der Waals surface area contributed by atoms with Crippen LogP contribution in [0.15, 0.2) is 24.3 Å². The van der Waals surface area contributed by atoms with E-state index in [4.69, 9.17) is 9.84 Å². The van der Waals surface area contributed by atoms with E-state index in [0.29, 0.717) is 31.9 Å². The lowest BCUT2D eigenvalue weighted by Crippen LogP contribution is -2.27. The van der Waals surface area contributed by atoms with Gasteiger partial charge in [-0.2, -0.15) is 0 Å². The van der Waals surface area contributed by atoms with Crippen molar-refractivity contribution in [3.05, 3.63) is 34.4 Å². The SMILES string of the molecule is Cl.O=C(O)C1CCN(CCOc2cccc([N+](=O)[O-])c2)C1. The van der Waals surface area contributed by atoms with Gasteiger partial charge in [-0.25, -0.2) is 0 Å². The molecule has 1 fully saturated rings. The highest BCUT2D eigenvalue weighted by Gasteiger charge is 2.27. The van der Waals surface area contributed by atoms with Crippen molar-refractivity contribution in [1.29, 1.82) is 0 Å². The Hall–Kier alpha value is -1.86. The third-order valence-corrected chi connectivity index (χ3v) is 3.33. The lowest BCUT2D eigenvalue weighted by atomic mass is 10.1. The quantitative estimate of drug-likeness (QED) is 0.635. The van der Waals surface area contributed by atoms with Crippen molar-refractivity contribution in [1.82, 2.24) is 4.90 Å². The number of carboxylic acid groups (broad SMARTS) is 1. The molecule has 1 aliphatic rings. The van der Waals surface area contributed by atoms with E-state index in [0.717, 1.165) is 6.54 Å². The second kappa shape index (κ2) is 7.80. The van der Waals surface area contributed by atoms with Crippen molar-refractivity contribution >= 4 is 24.1 Å². The molecule has 2 rings (SSSR count). The number of hydrogen-bond acceptors (Lipinski definition) is 5. The summed E-state index contributed by atoms with van der Waals surface area (Å²) < 4.78 is 5.46. The molecule has 1 N–H and O–H groups in total. The van der Waals surface area contributed by atoms with E-state index in [1.54, 1.807) is 12.1 Å². The molecular weight excluding hydrogens is 300 g/mol. The maximum absolute atomic E-state index is 10.8.